The molecule has 0 aromatic rings. The van der Waals surface area contributed by atoms with Crippen molar-refractivity contribution in [3.05, 3.63) is 0 Å². The average molecular weight is 195 g/mol. The maximum atomic E-state index is 11.0. The van der Waals surface area contributed by atoms with E-state index < -0.39 is 0 Å². The molecule has 0 spiro atoms. The fraction of sp³-hybridized carbons (Fsp3) is 0.917. The fourth-order valence-electron chi connectivity index (χ4n) is 3.92. The lowest BCUT2D eigenvalue weighted by Crippen LogP contribution is -2.34. The third kappa shape index (κ3) is 1.06. The molecule has 0 aliphatic heterocycles. The molecule has 0 heterocycles. The zero-order chi connectivity index (χ0) is 10.6. The van der Waals surface area contributed by atoms with Gasteiger partial charge in [-0.1, -0.05) is 20.8 Å². The van der Waals surface area contributed by atoms with Crippen LogP contribution in [-0.4, -0.2) is 5.91 Å². The highest BCUT2D eigenvalue weighted by atomic mass is 16.1. The summed E-state index contributed by atoms with van der Waals surface area (Å²) in [5, 5.41) is 0. The minimum absolute atomic E-state index is 0.125. The summed E-state index contributed by atoms with van der Waals surface area (Å²) >= 11 is 0. The van der Waals surface area contributed by atoms with E-state index in [2.05, 4.69) is 20.8 Å². The van der Waals surface area contributed by atoms with Gasteiger partial charge in [0, 0.05) is 6.42 Å². The molecule has 80 valence electrons. The fourth-order valence-corrected chi connectivity index (χ4v) is 3.92. The van der Waals surface area contributed by atoms with Crippen molar-refractivity contribution in [1.82, 2.24) is 0 Å². The minimum atomic E-state index is -0.125. The molecule has 0 radical (unpaired) electrons. The Kier molecular flexibility index (Phi) is 1.96. The lowest BCUT2D eigenvalue weighted by atomic mass is 9.66. The van der Waals surface area contributed by atoms with Crippen LogP contribution in [-0.2, 0) is 4.79 Å². The first-order valence-electron chi connectivity index (χ1n) is 5.66. The van der Waals surface area contributed by atoms with Gasteiger partial charge in [0.1, 0.15) is 0 Å². The highest BCUT2D eigenvalue weighted by Gasteiger charge is 2.60. The van der Waals surface area contributed by atoms with Crippen molar-refractivity contribution in [3.63, 3.8) is 0 Å². The standard InChI is InChI=1S/C12H21NO/c1-11(2)8-4-5-12(11,3)9(6-8)7-10(13)14/h8-9H,4-7H2,1-3H3,(H2,13,14). The monoisotopic (exact) mass is 195 g/mol. The topological polar surface area (TPSA) is 43.1 Å². The molecule has 2 rings (SSSR count). The first kappa shape index (κ1) is 10.0. The molecule has 2 N–H and O–H groups in total. The van der Waals surface area contributed by atoms with Crippen LogP contribution in [0.5, 0.6) is 0 Å². The summed E-state index contributed by atoms with van der Waals surface area (Å²) in [5.41, 5.74) is 6.08. The van der Waals surface area contributed by atoms with E-state index >= 15 is 0 Å². The normalized spacial score (nSPS) is 44.2. The predicted octanol–water partition coefficient (Wildman–Crippen LogP) is 2.32. The number of hydrogen-bond donors (Lipinski definition) is 1. The van der Waals surface area contributed by atoms with Crippen molar-refractivity contribution < 1.29 is 4.79 Å². The Morgan fingerprint density at radius 1 is 1.43 bits per heavy atom. The van der Waals surface area contributed by atoms with Gasteiger partial charge < -0.3 is 5.73 Å². The second-order valence-electron chi connectivity index (χ2n) is 5.98. The molecule has 2 nitrogen and oxygen atoms in total. The maximum Gasteiger partial charge on any atom is 0.217 e. The van der Waals surface area contributed by atoms with Gasteiger partial charge in [-0.25, -0.2) is 0 Å². The van der Waals surface area contributed by atoms with E-state index in [9.17, 15) is 4.79 Å². The molecule has 2 bridgehead atoms. The van der Waals surface area contributed by atoms with Crippen molar-refractivity contribution >= 4 is 5.91 Å². The highest BCUT2D eigenvalue weighted by molar-refractivity contribution is 5.74. The maximum absolute atomic E-state index is 11.0. The molecule has 14 heavy (non-hydrogen) atoms. The van der Waals surface area contributed by atoms with Crippen LogP contribution in [0.2, 0.25) is 0 Å². The number of hydrogen-bond acceptors (Lipinski definition) is 1. The summed E-state index contributed by atoms with van der Waals surface area (Å²) in [6, 6.07) is 0. The first-order chi connectivity index (χ1) is 6.38. The van der Waals surface area contributed by atoms with Crippen molar-refractivity contribution in [2.75, 3.05) is 0 Å². The highest BCUT2D eigenvalue weighted by Crippen LogP contribution is 2.68. The summed E-state index contributed by atoms with van der Waals surface area (Å²) in [6.45, 7) is 7.09. The summed E-state index contributed by atoms with van der Waals surface area (Å²) in [6.07, 6.45) is 4.43. The molecule has 0 aromatic carbocycles. The van der Waals surface area contributed by atoms with Crippen molar-refractivity contribution in [3.8, 4) is 0 Å². The molecule has 0 aromatic heterocycles. The summed E-state index contributed by atoms with van der Waals surface area (Å²) in [7, 11) is 0. The van der Waals surface area contributed by atoms with Gasteiger partial charge in [-0.3, -0.25) is 4.79 Å². The smallest absolute Gasteiger partial charge is 0.217 e. The zero-order valence-corrected chi connectivity index (χ0v) is 9.47. The predicted molar refractivity (Wildman–Crippen MR) is 56.5 cm³/mol. The van der Waals surface area contributed by atoms with Gasteiger partial charge in [0.25, 0.3) is 0 Å². The summed E-state index contributed by atoms with van der Waals surface area (Å²) < 4.78 is 0. The van der Waals surface area contributed by atoms with Gasteiger partial charge in [-0.05, 0) is 41.9 Å². The van der Waals surface area contributed by atoms with Gasteiger partial charge in [0.2, 0.25) is 5.91 Å². The summed E-state index contributed by atoms with van der Waals surface area (Å²) in [4.78, 5) is 11.0. The number of nitrogens with two attached hydrogens (primary N) is 1. The molecular weight excluding hydrogens is 174 g/mol. The molecule has 2 aliphatic carbocycles. The van der Waals surface area contributed by atoms with Gasteiger partial charge in [0.15, 0.2) is 0 Å². The van der Waals surface area contributed by atoms with Crippen molar-refractivity contribution in [2.24, 2.45) is 28.4 Å². The summed E-state index contributed by atoms with van der Waals surface area (Å²) in [5.74, 6) is 1.23. The van der Waals surface area contributed by atoms with E-state index in [1.54, 1.807) is 0 Å². The van der Waals surface area contributed by atoms with Gasteiger partial charge >= 0.3 is 0 Å². The van der Waals surface area contributed by atoms with Gasteiger partial charge in [-0.2, -0.15) is 0 Å². The number of primary amides is 1. The van der Waals surface area contributed by atoms with Crippen LogP contribution in [0.3, 0.4) is 0 Å². The van der Waals surface area contributed by atoms with Crippen molar-refractivity contribution in [2.45, 2.75) is 46.5 Å². The van der Waals surface area contributed by atoms with Crippen molar-refractivity contribution in [1.29, 1.82) is 0 Å². The Balaban J connectivity index is 2.23. The van der Waals surface area contributed by atoms with E-state index in [0.29, 0.717) is 23.2 Å². The SMILES string of the molecule is CC1(C)C2CCC1(C)C(CC(N)=O)C2. The third-order valence-corrected chi connectivity index (χ3v) is 5.42. The largest absolute Gasteiger partial charge is 0.370 e. The lowest BCUT2D eigenvalue weighted by molar-refractivity contribution is -0.120. The Morgan fingerprint density at radius 2 is 2.07 bits per heavy atom. The second kappa shape index (κ2) is 2.74. The Hall–Kier alpha value is -0.530. The van der Waals surface area contributed by atoms with Crippen LogP contribution in [0, 0.1) is 22.7 Å². The van der Waals surface area contributed by atoms with Crippen LogP contribution in [0.4, 0.5) is 0 Å². The second-order valence-corrected chi connectivity index (χ2v) is 5.98. The molecule has 2 aliphatic rings. The van der Waals surface area contributed by atoms with Gasteiger partial charge in [0.05, 0.1) is 0 Å². The molecular formula is C12H21NO. The van der Waals surface area contributed by atoms with Gasteiger partial charge in [-0.15, -0.1) is 0 Å². The third-order valence-electron chi connectivity index (χ3n) is 5.42. The number of fused-ring (bicyclic) bond motifs is 2. The zero-order valence-electron chi connectivity index (χ0n) is 9.47. The van der Waals surface area contributed by atoms with E-state index in [4.69, 9.17) is 5.73 Å². The van der Waals surface area contributed by atoms with E-state index in [0.717, 1.165) is 5.92 Å². The molecule has 1 amide bonds. The first-order valence-corrected chi connectivity index (χ1v) is 5.66. The van der Waals surface area contributed by atoms with Crippen LogP contribution >= 0.6 is 0 Å². The minimum Gasteiger partial charge on any atom is -0.370 e. The number of amides is 1. The van der Waals surface area contributed by atoms with E-state index in [-0.39, 0.29) is 5.91 Å². The van der Waals surface area contributed by atoms with Crippen LogP contribution < -0.4 is 5.73 Å². The molecule has 0 saturated heterocycles. The van der Waals surface area contributed by atoms with E-state index in [1.165, 1.54) is 19.3 Å². The quantitative estimate of drug-likeness (QED) is 0.722. The Morgan fingerprint density at radius 3 is 2.43 bits per heavy atom. The Labute approximate surface area is 86.2 Å². The molecule has 2 saturated carbocycles. The average Bonchev–Trinajstić information content (AvgIpc) is 2.35. The Bertz CT molecular complexity index is 271. The number of carbonyl (C=O) groups is 1. The number of carbonyl (C=O) groups excluding carboxylic acids is 1. The van der Waals surface area contributed by atoms with Crippen LogP contribution in [0.1, 0.15) is 46.5 Å². The van der Waals surface area contributed by atoms with Crippen LogP contribution in [0.15, 0.2) is 0 Å². The molecule has 3 atom stereocenters. The molecule has 3 unspecified atom stereocenters. The number of rotatable bonds is 2. The van der Waals surface area contributed by atoms with E-state index in [1.807, 2.05) is 0 Å². The van der Waals surface area contributed by atoms with Crippen LogP contribution in [0.25, 0.3) is 0 Å². The molecule has 2 fully saturated rings. The molecule has 2 heteroatoms. The lowest BCUT2D eigenvalue weighted by Gasteiger charge is -2.39.